The number of rotatable bonds is 4. The van der Waals surface area contributed by atoms with Gasteiger partial charge in [0.15, 0.2) is 0 Å². The maximum Gasteiger partial charge on any atom is 0.224 e. The summed E-state index contributed by atoms with van der Waals surface area (Å²) in [7, 11) is 0. The first-order valence-corrected chi connectivity index (χ1v) is 9.09. The number of halogens is 3. The summed E-state index contributed by atoms with van der Waals surface area (Å²) >= 11 is 10.4. The van der Waals surface area contributed by atoms with Crippen LogP contribution in [0.15, 0.2) is 25.6 Å². The van der Waals surface area contributed by atoms with E-state index in [2.05, 4.69) is 58.4 Å². The van der Waals surface area contributed by atoms with Crippen LogP contribution in [-0.2, 0) is 4.79 Å². The summed E-state index contributed by atoms with van der Waals surface area (Å²) in [5.74, 6) is 0.756. The van der Waals surface area contributed by atoms with Crippen LogP contribution in [0.3, 0.4) is 0 Å². The Hall–Kier alpha value is 0.0900. The molecule has 2 N–H and O–H groups in total. The highest BCUT2D eigenvalue weighted by molar-refractivity contribution is 9.11. The van der Waals surface area contributed by atoms with Gasteiger partial charge in [-0.3, -0.25) is 4.79 Å². The summed E-state index contributed by atoms with van der Waals surface area (Å²) < 4.78 is 2.70. The molecule has 0 aromatic heterocycles. The molecule has 1 aliphatic rings. The van der Waals surface area contributed by atoms with Crippen LogP contribution in [0.2, 0.25) is 0 Å². The minimum atomic E-state index is 0.0762. The fourth-order valence-electron chi connectivity index (χ4n) is 2.37. The third-order valence-electron chi connectivity index (χ3n) is 3.51. The van der Waals surface area contributed by atoms with Crippen LogP contribution >= 0.6 is 47.8 Å². The van der Waals surface area contributed by atoms with Crippen LogP contribution in [0, 0.1) is 5.92 Å². The van der Waals surface area contributed by atoms with E-state index in [1.54, 1.807) is 0 Å². The number of amides is 1. The first-order valence-electron chi connectivity index (χ1n) is 6.71. The predicted octanol–water partition coefficient (Wildman–Crippen LogP) is 4.69. The van der Waals surface area contributed by atoms with Crippen molar-refractivity contribution in [2.75, 3.05) is 18.4 Å². The summed E-state index contributed by atoms with van der Waals surface area (Å²) in [6.07, 6.45) is 3.91. The molecule has 20 heavy (non-hydrogen) atoms. The molecule has 0 radical (unpaired) electrons. The van der Waals surface area contributed by atoms with Gasteiger partial charge >= 0.3 is 0 Å². The van der Waals surface area contributed by atoms with E-state index in [9.17, 15) is 4.79 Å². The molecule has 1 aromatic carbocycles. The maximum absolute atomic E-state index is 12.1. The highest BCUT2D eigenvalue weighted by Crippen LogP contribution is 2.34. The minimum absolute atomic E-state index is 0.0762. The molecule has 3 nitrogen and oxygen atoms in total. The van der Waals surface area contributed by atoms with Crippen molar-refractivity contribution in [1.29, 1.82) is 0 Å². The van der Waals surface area contributed by atoms with Crippen LogP contribution in [0.25, 0.3) is 0 Å². The van der Waals surface area contributed by atoms with Gasteiger partial charge in [-0.05, 0) is 82.3 Å². The lowest BCUT2D eigenvalue weighted by molar-refractivity contribution is -0.116. The Bertz CT molecular complexity index is 464. The van der Waals surface area contributed by atoms with Crippen LogP contribution in [0.4, 0.5) is 5.69 Å². The Labute approximate surface area is 144 Å². The minimum Gasteiger partial charge on any atom is -0.324 e. The molecule has 2 rings (SSSR count). The topological polar surface area (TPSA) is 41.1 Å². The lowest BCUT2D eigenvalue weighted by Crippen LogP contribution is -2.28. The zero-order valence-electron chi connectivity index (χ0n) is 11.0. The lowest BCUT2D eigenvalue weighted by atomic mass is 9.93. The largest absolute Gasteiger partial charge is 0.324 e. The van der Waals surface area contributed by atoms with E-state index in [-0.39, 0.29) is 5.91 Å². The first kappa shape index (κ1) is 16.5. The Morgan fingerprint density at radius 3 is 2.40 bits per heavy atom. The number of nitrogens with one attached hydrogen (secondary N) is 2. The molecule has 0 saturated carbocycles. The first-order chi connectivity index (χ1) is 9.56. The number of hydrogen-bond donors (Lipinski definition) is 2. The van der Waals surface area contributed by atoms with Gasteiger partial charge in [0, 0.05) is 19.8 Å². The fourth-order valence-corrected chi connectivity index (χ4v) is 4.83. The number of carbonyl (C=O) groups is 1. The van der Waals surface area contributed by atoms with Crippen LogP contribution in [0.5, 0.6) is 0 Å². The van der Waals surface area contributed by atoms with Crippen molar-refractivity contribution >= 4 is 59.4 Å². The van der Waals surface area contributed by atoms with E-state index in [4.69, 9.17) is 0 Å². The van der Waals surface area contributed by atoms with E-state index in [0.717, 1.165) is 38.6 Å². The average Bonchev–Trinajstić information content (AvgIpc) is 2.42. The van der Waals surface area contributed by atoms with E-state index >= 15 is 0 Å². The molecule has 1 saturated heterocycles. The third-order valence-corrected chi connectivity index (χ3v) is 5.22. The van der Waals surface area contributed by atoms with Gasteiger partial charge < -0.3 is 10.6 Å². The molecular formula is C14H17Br3N2O. The zero-order valence-corrected chi connectivity index (χ0v) is 15.8. The van der Waals surface area contributed by atoms with Crippen LogP contribution < -0.4 is 10.6 Å². The number of benzene rings is 1. The molecule has 0 bridgehead atoms. The Balaban J connectivity index is 1.88. The van der Waals surface area contributed by atoms with Crippen molar-refractivity contribution in [2.45, 2.75) is 25.7 Å². The molecule has 0 unspecified atom stereocenters. The number of hydrogen-bond acceptors (Lipinski definition) is 2. The van der Waals surface area contributed by atoms with Gasteiger partial charge in [0.2, 0.25) is 5.91 Å². The van der Waals surface area contributed by atoms with Crippen molar-refractivity contribution in [2.24, 2.45) is 5.92 Å². The smallest absolute Gasteiger partial charge is 0.224 e. The van der Waals surface area contributed by atoms with Gasteiger partial charge in [-0.2, -0.15) is 0 Å². The molecule has 0 aliphatic carbocycles. The number of carbonyl (C=O) groups excluding carboxylic acids is 1. The van der Waals surface area contributed by atoms with Crippen LogP contribution in [0.1, 0.15) is 25.7 Å². The van der Waals surface area contributed by atoms with E-state index < -0.39 is 0 Å². The summed E-state index contributed by atoms with van der Waals surface area (Å²) in [4.78, 5) is 12.1. The molecule has 1 aliphatic heterocycles. The second-order valence-corrected chi connectivity index (χ2v) is 7.65. The van der Waals surface area contributed by atoms with Crippen molar-refractivity contribution in [3.05, 3.63) is 25.6 Å². The second-order valence-electron chi connectivity index (χ2n) is 5.02. The van der Waals surface area contributed by atoms with Crippen LogP contribution in [-0.4, -0.2) is 19.0 Å². The zero-order chi connectivity index (χ0) is 14.5. The van der Waals surface area contributed by atoms with Gasteiger partial charge in [0.25, 0.3) is 0 Å². The SMILES string of the molecule is O=C(CCC1CCNCC1)Nc1c(Br)cc(Br)cc1Br. The second kappa shape index (κ2) is 7.92. The summed E-state index contributed by atoms with van der Waals surface area (Å²) in [5.41, 5.74) is 0.795. The normalized spacial score (nSPS) is 16.1. The number of anilines is 1. The van der Waals surface area contributed by atoms with Crippen molar-refractivity contribution in [1.82, 2.24) is 5.32 Å². The molecule has 110 valence electrons. The molecule has 1 amide bonds. The summed E-state index contributed by atoms with van der Waals surface area (Å²) in [6.45, 7) is 2.16. The van der Waals surface area contributed by atoms with Gasteiger partial charge in [0.05, 0.1) is 5.69 Å². The van der Waals surface area contributed by atoms with Gasteiger partial charge in [-0.25, -0.2) is 0 Å². The average molecular weight is 469 g/mol. The highest BCUT2D eigenvalue weighted by atomic mass is 79.9. The molecule has 1 aromatic rings. The van der Waals surface area contributed by atoms with Crippen molar-refractivity contribution in [3.8, 4) is 0 Å². The molecule has 1 fully saturated rings. The fraction of sp³-hybridized carbons (Fsp3) is 0.500. The number of piperidine rings is 1. The molecular weight excluding hydrogens is 452 g/mol. The summed E-state index contributed by atoms with van der Waals surface area (Å²) in [6, 6.07) is 3.85. The Morgan fingerprint density at radius 1 is 1.20 bits per heavy atom. The molecule has 0 atom stereocenters. The van der Waals surface area contributed by atoms with Gasteiger partial charge in [-0.1, -0.05) is 15.9 Å². The maximum atomic E-state index is 12.1. The quantitative estimate of drug-likeness (QED) is 0.673. The lowest BCUT2D eigenvalue weighted by Gasteiger charge is -2.22. The Kier molecular flexibility index (Phi) is 6.52. The highest BCUT2D eigenvalue weighted by Gasteiger charge is 2.16. The summed E-state index contributed by atoms with van der Waals surface area (Å²) in [5, 5.41) is 6.32. The van der Waals surface area contributed by atoms with E-state index in [1.165, 1.54) is 12.8 Å². The van der Waals surface area contributed by atoms with E-state index in [0.29, 0.717) is 12.3 Å². The molecule has 6 heteroatoms. The standard InChI is InChI=1S/C14H17Br3N2O/c15-10-7-11(16)14(12(17)8-10)19-13(20)2-1-9-3-5-18-6-4-9/h7-9,18H,1-6H2,(H,19,20). The van der Waals surface area contributed by atoms with Gasteiger partial charge in [0.1, 0.15) is 0 Å². The molecule has 1 heterocycles. The van der Waals surface area contributed by atoms with Crippen molar-refractivity contribution < 1.29 is 4.79 Å². The third kappa shape index (κ3) is 4.83. The van der Waals surface area contributed by atoms with Gasteiger partial charge in [-0.15, -0.1) is 0 Å². The Morgan fingerprint density at radius 2 is 1.80 bits per heavy atom. The molecule has 0 spiro atoms. The van der Waals surface area contributed by atoms with Crippen molar-refractivity contribution in [3.63, 3.8) is 0 Å². The predicted molar refractivity (Wildman–Crippen MR) is 93.0 cm³/mol. The van der Waals surface area contributed by atoms with E-state index in [1.807, 2.05) is 12.1 Å². The monoisotopic (exact) mass is 466 g/mol.